The molecule has 25 heavy (non-hydrogen) atoms. The Kier molecular flexibility index (Phi) is 6.95. The van der Waals surface area contributed by atoms with Crippen molar-refractivity contribution in [1.82, 2.24) is 15.5 Å². The van der Waals surface area contributed by atoms with Crippen molar-refractivity contribution < 1.29 is 4.39 Å². The maximum atomic E-state index is 13.9. The van der Waals surface area contributed by atoms with Gasteiger partial charge >= 0.3 is 0 Å². The average Bonchev–Trinajstić information content (AvgIpc) is 2.61. The van der Waals surface area contributed by atoms with Crippen LogP contribution in [-0.2, 0) is 13.1 Å². The van der Waals surface area contributed by atoms with Crippen molar-refractivity contribution in [2.24, 2.45) is 4.99 Å². The molecule has 0 amide bonds. The summed E-state index contributed by atoms with van der Waals surface area (Å²) >= 11 is 0. The summed E-state index contributed by atoms with van der Waals surface area (Å²) in [7, 11) is 5.61. The van der Waals surface area contributed by atoms with E-state index in [0.717, 1.165) is 11.5 Å². The molecule has 2 aromatic rings. The predicted molar refractivity (Wildman–Crippen MR) is 102 cm³/mol. The van der Waals surface area contributed by atoms with Gasteiger partial charge in [-0.3, -0.25) is 4.99 Å². The van der Waals surface area contributed by atoms with Crippen LogP contribution in [0.3, 0.4) is 0 Å². The van der Waals surface area contributed by atoms with Crippen LogP contribution in [0.1, 0.15) is 29.7 Å². The lowest BCUT2D eigenvalue weighted by Crippen LogP contribution is -2.38. The van der Waals surface area contributed by atoms with Crippen molar-refractivity contribution in [2.75, 3.05) is 21.1 Å². The third-order valence-corrected chi connectivity index (χ3v) is 3.93. The summed E-state index contributed by atoms with van der Waals surface area (Å²) in [6.07, 6.45) is 0. The van der Waals surface area contributed by atoms with Gasteiger partial charge in [0.25, 0.3) is 0 Å². The molecule has 4 nitrogen and oxygen atoms in total. The van der Waals surface area contributed by atoms with E-state index < -0.39 is 0 Å². The minimum absolute atomic E-state index is 0.143. The molecule has 2 aromatic carbocycles. The average molecular weight is 342 g/mol. The number of benzene rings is 2. The predicted octanol–water partition coefficient (Wildman–Crippen LogP) is 3.31. The fraction of sp³-hybridized carbons (Fsp3) is 0.350. The number of hydrogen-bond donors (Lipinski definition) is 2. The third kappa shape index (κ3) is 5.87. The number of aliphatic imine (C=N–C) groups is 1. The Morgan fingerprint density at radius 2 is 1.88 bits per heavy atom. The molecule has 1 atom stereocenters. The summed E-state index contributed by atoms with van der Waals surface area (Å²) < 4.78 is 13.9. The van der Waals surface area contributed by atoms with E-state index in [2.05, 4.69) is 34.7 Å². The number of nitrogens with zero attached hydrogens (tertiary/aromatic N) is 2. The topological polar surface area (TPSA) is 39.7 Å². The van der Waals surface area contributed by atoms with Crippen molar-refractivity contribution >= 4 is 5.96 Å². The first-order chi connectivity index (χ1) is 12.0. The molecule has 2 N–H and O–H groups in total. The smallest absolute Gasteiger partial charge is 0.191 e. The minimum Gasteiger partial charge on any atom is -0.352 e. The number of guanidine groups is 1. The molecule has 0 bridgehead atoms. The SMILES string of the molecule is CN=C(NCc1ccc(F)c(CN(C)C)c1)NC(C)c1ccccc1. The molecule has 0 spiro atoms. The van der Waals surface area contributed by atoms with Gasteiger partial charge in [-0.05, 0) is 44.3 Å². The molecule has 0 heterocycles. The van der Waals surface area contributed by atoms with Crippen LogP contribution in [0, 0.1) is 5.82 Å². The number of halogens is 1. The van der Waals surface area contributed by atoms with Crippen LogP contribution in [-0.4, -0.2) is 32.0 Å². The van der Waals surface area contributed by atoms with Crippen LogP contribution in [0.2, 0.25) is 0 Å². The van der Waals surface area contributed by atoms with E-state index in [1.54, 1.807) is 13.1 Å². The van der Waals surface area contributed by atoms with Gasteiger partial charge in [-0.15, -0.1) is 0 Å². The molecule has 134 valence electrons. The second-order valence-corrected chi connectivity index (χ2v) is 6.37. The highest BCUT2D eigenvalue weighted by molar-refractivity contribution is 5.80. The number of rotatable bonds is 6. The lowest BCUT2D eigenvalue weighted by molar-refractivity contribution is 0.392. The molecule has 0 saturated carbocycles. The van der Waals surface area contributed by atoms with Gasteiger partial charge in [0.05, 0.1) is 6.04 Å². The quantitative estimate of drug-likeness (QED) is 0.625. The highest BCUT2D eigenvalue weighted by atomic mass is 19.1. The van der Waals surface area contributed by atoms with Gasteiger partial charge in [0.2, 0.25) is 0 Å². The number of nitrogens with one attached hydrogen (secondary N) is 2. The summed E-state index contributed by atoms with van der Waals surface area (Å²) in [6, 6.07) is 15.6. The van der Waals surface area contributed by atoms with Crippen LogP contribution < -0.4 is 10.6 Å². The standard InChI is InChI=1S/C20H27FN4/c1-15(17-8-6-5-7-9-17)24-20(22-2)23-13-16-10-11-19(21)18(12-16)14-25(3)4/h5-12,15H,13-14H2,1-4H3,(H2,22,23,24). The monoisotopic (exact) mass is 342 g/mol. The fourth-order valence-electron chi connectivity index (χ4n) is 2.61. The highest BCUT2D eigenvalue weighted by Crippen LogP contribution is 2.13. The van der Waals surface area contributed by atoms with E-state index >= 15 is 0 Å². The zero-order chi connectivity index (χ0) is 18.2. The fourth-order valence-corrected chi connectivity index (χ4v) is 2.61. The summed E-state index contributed by atoms with van der Waals surface area (Å²) in [4.78, 5) is 6.23. The lowest BCUT2D eigenvalue weighted by Gasteiger charge is -2.18. The zero-order valence-electron chi connectivity index (χ0n) is 15.4. The highest BCUT2D eigenvalue weighted by Gasteiger charge is 2.08. The van der Waals surface area contributed by atoms with Crippen LogP contribution in [0.5, 0.6) is 0 Å². The van der Waals surface area contributed by atoms with Crippen molar-refractivity contribution in [3.8, 4) is 0 Å². The molecular weight excluding hydrogens is 315 g/mol. The Labute approximate surface area is 149 Å². The molecule has 2 rings (SSSR count). The largest absolute Gasteiger partial charge is 0.352 e. The molecule has 0 radical (unpaired) electrons. The van der Waals surface area contributed by atoms with Gasteiger partial charge < -0.3 is 15.5 Å². The van der Waals surface area contributed by atoms with Crippen LogP contribution >= 0.6 is 0 Å². The van der Waals surface area contributed by atoms with E-state index in [4.69, 9.17) is 0 Å². The molecule has 0 aromatic heterocycles. The van der Waals surface area contributed by atoms with Crippen LogP contribution in [0.4, 0.5) is 4.39 Å². The summed E-state index contributed by atoms with van der Waals surface area (Å²) in [6.45, 7) is 3.26. The first kappa shape index (κ1) is 18.9. The van der Waals surface area contributed by atoms with Crippen LogP contribution in [0.15, 0.2) is 53.5 Å². The Morgan fingerprint density at radius 3 is 2.52 bits per heavy atom. The minimum atomic E-state index is -0.169. The van der Waals surface area contributed by atoms with Gasteiger partial charge in [-0.25, -0.2) is 4.39 Å². The third-order valence-electron chi connectivity index (χ3n) is 3.93. The molecular formula is C20H27FN4. The Balaban J connectivity index is 1.97. The van der Waals surface area contributed by atoms with E-state index in [9.17, 15) is 4.39 Å². The van der Waals surface area contributed by atoms with Gasteiger partial charge in [-0.2, -0.15) is 0 Å². The summed E-state index contributed by atoms with van der Waals surface area (Å²) in [5, 5.41) is 6.66. The molecule has 0 aliphatic heterocycles. The van der Waals surface area contributed by atoms with Gasteiger partial charge in [-0.1, -0.05) is 36.4 Å². The van der Waals surface area contributed by atoms with Crippen molar-refractivity contribution in [2.45, 2.75) is 26.1 Å². The maximum absolute atomic E-state index is 13.9. The van der Waals surface area contributed by atoms with Gasteiger partial charge in [0.15, 0.2) is 5.96 Å². The zero-order valence-corrected chi connectivity index (χ0v) is 15.4. The molecule has 0 saturated heterocycles. The van der Waals surface area contributed by atoms with Gasteiger partial charge in [0, 0.05) is 25.7 Å². The van der Waals surface area contributed by atoms with E-state index in [0.29, 0.717) is 18.7 Å². The molecule has 0 aliphatic carbocycles. The molecule has 5 heteroatoms. The van der Waals surface area contributed by atoms with Gasteiger partial charge in [0.1, 0.15) is 5.82 Å². The van der Waals surface area contributed by atoms with Crippen LogP contribution in [0.25, 0.3) is 0 Å². The Bertz CT molecular complexity index is 698. The van der Waals surface area contributed by atoms with E-state index in [1.807, 2.05) is 43.3 Å². The summed E-state index contributed by atoms with van der Waals surface area (Å²) in [5.74, 6) is 0.549. The molecule has 1 unspecified atom stereocenters. The number of hydrogen-bond acceptors (Lipinski definition) is 2. The van der Waals surface area contributed by atoms with E-state index in [1.165, 1.54) is 11.6 Å². The summed E-state index contributed by atoms with van der Waals surface area (Å²) in [5.41, 5.74) is 2.92. The van der Waals surface area contributed by atoms with E-state index in [-0.39, 0.29) is 11.9 Å². The molecule has 0 fully saturated rings. The van der Waals surface area contributed by atoms with Crippen molar-refractivity contribution in [1.29, 1.82) is 0 Å². The van der Waals surface area contributed by atoms with Crippen molar-refractivity contribution in [3.05, 3.63) is 71.0 Å². The Hall–Kier alpha value is -2.40. The molecule has 0 aliphatic rings. The lowest BCUT2D eigenvalue weighted by atomic mass is 10.1. The maximum Gasteiger partial charge on any atom is 0.191 e. The normalized spacial score (nSPS) is 13.0. The van der Waals surface area contributed by atoms with Crippen molar-refractivity contribution in [3.63, 3.8) is 0 Å². The first-order valence-electron chi connectivity index (χ1n) is 8.43. The second kappa shape index (κ2) is 9.18. The first-order valence-corrected chi connectivity index (χ1v) is 8.43. The Morgan fingerprint density at radius 1 is 1.16 bits per heavy atom. The second-order valence-electron chi connectivity index (χ2n) is 6.37.